The van der Waals surface area contributed by atoms with Crippen LogP contribution in [-0.2, 0) is 26.1 Å². The molecule has 0 unspecified atom stereocenters. The Morgan fingerprint density at radius 1 is 1.08 bits per heavy atom. The molecule has 0 saturated carbocycles. The van der Waals surface area contributed by atoms with Crippen LogP contribution in [-0.4, -0.2) is 41.8 Å². The Kier molecular flexibility index (Phi) is 7.14. The zero-order valence-corrected chi connectivity index (χ0v) is 15.4. The van der Waals surface area contributed by atoms with E-state index in [-0.39, 0.29) is 30.2 Å². The molecule has 0 radical (unpaired) electrons. The maximum atomic E-state index is 12.1. The average Bonchev–Trinajstić information content (AvgIpc) is 2.66. The van der Waals surface area contributed by atoms with Crippen molar-refractivity contribution in [2.24, 2.45) is 0 Å². The Bertz CT molecular complexity index is 833. The monoisotopic (exact) mass is 379 g/mol. The van der Waals surface area contributed by atoms with Crippen molar-refractivity contribution in [3.63, 3.8) is 0 Å². The van der Waals surface area contributed by atoms with E-state index in [9.17, 15) is 13.2 Å². The van der Waals surface area contributed by atoms with Crippen LogP contribution in [0.2, 0.25) is 0 Å². The van der Waals surface area contributed by atoms with Crippen LogP contribution in [0.3, 0.4) is 0 Å². The van der Waals surface area contributed by atoms with Crippen molar-refractivity contribution >= 4 is 16.0 Å². The number of methoxy groups -OCH3 is 2. The molecule has 8 heteroatoms. The smallest absolute Gasteiger partial charge is 0.338 e. The molecule has 2 aromatic rings. The summed E-state index contributed by atoms with van der Waals surface area (Å²) >= 11 is 0. The Morgan fingerprint density at radius 2 is 1.81 bits per heavy atom. The second-order valence-corrected chi connectivity index (χ2v) is 7.11. The number of benzene rings is 2. The maximum Gasteiger partial charge on any atom is 0.338 e. The van der Waals surface area contributed by atoms with Gasteiger partial charge < -0.3 is 14.2 Å². The summed E-state index contributed by atoms with van der Waals surface area (Å²) < 4.78 is 41.7. The van der Waals surface area contributed by atoms with Gasteiger partial charge in [-0.2, -0.15) is 0 Å². The Balaban J connectivity index is 1.97. The summed E-state index contributed by atoms with van der Waals surface area (Å²) in [5.74, 6) is 0.137. The van der Waals surface area contributed by atoms with E-state index in [0.29, 0.717) is 5.75 Å². The van der Waals surface area contributed by atoms with Gasteiger partial charge >= 0.3 is 5.97 Å². The molecular weight excluding hydrogens is 358 g/mol. The van der Waals surface area contributed by atoms with E-state index in [1.165, 1.54) is 31.4 Å². The molecule has 0 bridgehead atoms. The van der Waals surface area contributed by atoms with Gasteiger partial charge in [0.15, 0.2) is 0 Å². The lowest BCUT2D eigenvalue weighted by atomic mass is 10.2. The van der Waals surface area contributed by atoms with Crippen molar-refractivity contribution in [2.75, 3.05) is 27.4 Å². The fraction of sp³-hybridized carbons (Fsp3) is 0.278. The second-order valence-electron chi connectivity index (χ2n) is 5.34. The lowest BCUT2D eigenvalue weighted by Crippen LogP contribution is -2.27. The van der Waals surface area contributed by atoms with E-state index in [1.807, 2.05) is 6.07 Å². The molecule has 0 saturated heterocycles. The normalized spacial score (nSPS) is 11.2. The number of sulfonamides is 1. The van der Waals surface area contributed by atoms with Crippen molar-refractivity contribution in [2.45, 2.75) is 11.5 Å². The summed E-state index contributed by atoms with van der Waals surface area (Å²) in [5.41, 5.74) is 1.06. The minimum Gasteiger partial charge on any atom is -0.497 e. The molecule has 7 nitrogen and oxygen atoms in total. The summed E-state index contributed by atoms with van der Waals surface area (Å²) in [6, 6.07) is 12.7. The molecule has 0 spiro atoms. The third-order valence-corrected chi connectivity index (χ3v) is 4.98. The standard InChI is InChI=1S/C18H21NO6S/c1-23-11-10-19-26(21,22)17-8-6-15(7-9-17)18(20)25-13-14-4-3-5-16(12-14)24-2/h3-9,12,19H,10-11,13H2,1-2H3. The number of hydrogen-bond donors (Lipinski definition) is 1. The first-order valence-corrected chi connectivity index (χ1v) is 9.33. The highest BCUT2D eigenvalue weighted by Crippen LogP contribution is 2.15. The van der Waals surface area contributed by atoms with Gasteiger partial charge in [-0.3, -0.25) is 0 Å². The van der Waals surface area contributed by atoms with Crippen LogP contribution in [0.15, 0.2) is 53.4 Å². The molecule has 0 aromatic heterocycles. The highest BCUT2D eigenvalue weighted by atomic mass is 32.2. The number of nitrogens with one attached hydrogen (secondary N) is 1. The molecule has 26 heavy (non-hydrogen) atoms. The van der Waals surface area contributed by atoms with Crippen molar-refractivity contribution in [1.82, 2.24) is 4.72 Å². The molecular formula is C18H21NO6S. The quantitative estimate of drug-likeness (QED) is 0.529. The Labute approximate surface area is 152 Å². The van der Waals surface area contributed by atoms with Gasteiger partial charge in [-0.1, -0.05) is 12.1 Å². The van der Waals surface area contributed by atoms with Crippen LogP contribution in [0.5, 0.6) is 5.75 Å². The summed E-state index contributed by atoms with van der Waals surface area (Å²) in [7, 11) is -0.587. The van der Waals surface area contributed by atoms with Crippen LogP contribution in [0.4, 0.5) is 0 Å². The molecule has 0 aliphatic carbocycles. The third-order valence-electron chi connectivity index (χ3n) is 3.50. The van der Waals surface area contributed by atoms with Crippen molar-refractivity contribution in [3.8, 4) is 5.75 Å². The van der Waals surface area contributed by atoms with Gasteiger partial charge in [0.2, 0.25) is 10.0 Å². The van der Waals surface area contributed by atoms with Gasteiger partial charge in [0, 0.05) is 13.7 Å². The fourth-order valence-electron chi connectivity index (χ4n) is 2.13. The van der Waals surface area contributed by atoms with Crippen LogP contribution in [0.25, 0.3) is 0 Å². The first kappa shape index (κ1) is 19.9. The van der Waals surface area contributed by atoms with E-state index < -0.39 is 16.0 Å². The molecule has 2 rings (SSSR count). The number of hydrogen-bond acceptors (Lipinski definition) is 6. The first-order valence-electron chi connectivity index (χ1n) is 7.85. The molecule has 0 amide bonds. The molecule has 0 aliphatic rings. The van der Waals surface area contributed by atoms with Crippen LogP contribution < -0.4 is 9.46 Å². The lowest BCUT2D eigenvalue weighted by Gasteiger charge is -2.08. The van der Waals surface area contributed by atoms with Gasteiger partial charge in [0.1, 0.15) is 12.4 Å². The first-order chi connectivity index (χ1) is 12.5. The van der Waals surface area contributed by atoms with Gasteiger partial charge in [0.05, 0.1) is 24.2 Å². The minimum atomic E-state index is -3.63. The number of ether oxygens (including phenoxy) is 3. The largest absolute Gasteiger partial charge is 0.497 e. The van der Waals surface area contributed by atoms with Crippen molar-refractivity contribution < 1.29 is 27.4 Å². The van der Waals surface area contributed by atoms with Crippen LogP contribution in [0.1, 0.15) is 15.9 Å². The Hall–Kier alpha value is -2.42. The highest BCUT2D eigenvalue weighted by Gasteiger charge is 2.15. The van der Waals surface area contributed by atoms with E-state index >= 15 is 0 Å². The second kappa shape index (κ2) is 9.33. The van der Waals surface area contributed by atoms with E-state index in [2.05, 4.69) is 4.72 Å². The molecule has 1 N–H and O–H groups in total. The third kappa shape index (κ3) is 5.55. The van der Waals surface area contributed by atoms with E-state index in [4.69, 9.17) is 14.2 Å². The fourth-order valence-corrected chi connectivity index (χ4v) is 3.14. The van der Waals surface area contributed by atoms with E-state index in [0.717, 1.165) is 5.56 Å². The van der Waals surface area contributed by atoms with Crippen LogP contribution in [0, 0.1) is 0 Å². The zero-order chi connectivity index (χ0) is 19.0. The van der Waals surface area contributed by atoms with Crippen molar-refractivity contribution in [3.05, 3.63) is 59.7 Å². The Morgan fingerprint density at radius 3 is 2.46 bits per heavy atom. The predicted molar refractivity (Wildman–Crippen MR) is 95.6 cm³/mol. The molecule has 0 fully saturated rings. The van der Waals surface area contributed by atoms with Gasteiger partial charge in [-0.05, 0) is 42.0 Å². The van der Waals surface area contributed by atoms with Gasteiger partial charge in [0.25, 0.3) is 0 Å². The number of esters is 1. The van der Waals surface area contributed by atoms with E-state index in [1.54, 1.807) is 25.3 Å². The predicted octanol–water partition coefficient (Wildman–Crippen LogP) is 1.98. The summed E-state index contributed by atoms with van der Waals surface area (Å²) in [4.78, 5) is 12.2. The zero-order valence-electron chi connectivity index (χ0n) is 14.6. The molecule has 0 atom stereocenters. The molecule has 140 valence electrons. The summed E-state index contributed by atoms with van der Waals surface area (Å²) in [5, 5.41) is 0. The minimum absolute atomic E-state index is 0.0675. The summed E-state index contributed by atoms with van der Waals surface area (Å²) in [6.07, 6.45) is 0. The number of rotatable bonds is 9. The SMILES string of the molecule is COCCNS(=O)(=O)c1ccc(C(=O)OCc2cccc(OC)c2)cc1. The van der Waals surface area contributed by atoms with Gasteiger partial charge in [-0.25, -0.2) is 17.9 Å². The average molecular weight is 379 g/mol. The topological polar surface area (TPSA) is 90.9 Å². The summed E-state index contributed by atoms with van der Waals surface area (Å²) in [6.45, 7) is 0.533. The lowest BCUT2D eigenvalue weighted by molar-refractivity contribution is 0.0472. The van der Waals surface area contributed by atoms with Crippen molar-refractivity contribution in [1.29, 1.82) is 0 Å². The maximum absolute atomic E-state index is 12.1. The van der Waals surface area contributed by atoms with Gasteiger partial charge in [-0.15, -0.1) is 0 Å². The molecule has 2 aromatic carbocycles. The number of carbonyl (C=O) groups excluding carboxylic acids is 1. The molecule has 0 heterocycles. The van der Waals surface area contributed by atoms with Crippen LogP contribution >= 0.6 is 0 Å². The number of carbonyl (C=O) groups is 1. The molecule has 0 aliphatic heterocycles. The highest BCUT2D eigenvalue weighted by molar-refractivity contribution is 7.89.